The Balaban J connectivity index is 1.73. The van der Waals surface area contributed by atoms with E-state index in [1.54, 1.807) is 31.4 Å². The average Bonchev–Trinajstić information content (AvgIpc) is 2.93. The molecule has 138 valence electrons. The van der Waals surface area contributed by atoms with E-state index < -0.39 is 0 Å². The molecule has 2 aromatic rings. The number of ether oxygens (including phenoxy) is 2. The van der Waals surface area contributed by atoms with Crippen LogP contribution in [-0.4, -0.2) is 36.2 Å². The zero-order valence-electron chi connectivity index (χ0n) is 15.1. The molecule has 26 heavy (non-hydrogen) atoms. The molecule has 1 heterocycles. The van der Waals surface area contributed by atoms with Crippen LogP contribution in [-0.2, 0) is 4.79 Å². The first-order valence-electron chi connectivity index (χ1n) is 9.03. The fraction of sp³-hybridized carbons (Fsp3) is 0.381. The third-order valence-corrected chi connectivity index (χ3v) is 4.79. The van der Waals surface area contributed by atoms with E-state index in [9.17, 15) is 9.90 Å². The zero-order chi connectivity index (χ0) is 18.4. The van der Waals surface area contributed by atoms with Crippen molar-refractivity contribution in [3.63, 3.8) is 0 Å². The minimum absolute atomic E-state index is 0.0443. The predicted octanol–water partition coefficient (Wildman–Crippen LogP) is 3.92. The third-order valence-electron chi connectivity index (χ3n) is 4.79. The molecule has 1 aliphatic heterocycles. The Labute approximate surface area is 154 Å². The molecule has 1 saturated heterocycles. The van der Waals surface area contributed by atoms with Gasteiger partial charge in [-0.3, -0.25) is 4.79 Å². The lowest BCUT2D eigenvalue weighted by molar-refractivity contribution is -0.135. The second kappa shape index (κ2) is 8.61. The number of para-hydroxylation sites is 2. The molecule has 5 heteroatoms. The van der Waals surface area contributed by atoms with Gasteiger partial charge in [0.25, 0.3) is 5.91 Å². The number of phenols is 1. The Bertz CT molecular complexity index is 729. The summed E-state index contributed by atoms with van der Waals surface area (Å²) in [5.74, 6) is 1.12. The SMILES string of the molecule is COc1ccc(C2CCCCCN2C(=O)COc2ccccc2O)cc1. The molecule has 3 rings (SSSR count). The number of hydrogen-bond acceptors (Lipinski definition) is 4. The Morgan fingerprint density at radius 3 is 2.62 bits per heavy atom. The number of carbonyl (C=O) groups is 1. The first-order valence-corrected chi connectivity index (χ1v) is 9.03. The molecule has 0 aliphatic carbocycles. The van der Waals surface area contributed by atoms with Gasteiger partial charge in [0, 0.05) is 6.54 Å². The first kappa shape index (κ1) is 18.1. The number of aromatic hydroxyl groups is 1. The van der Waals surface area contributed by atoms with E-state index in [1.807, 2.05) is 29.2 Å². The topological polar surface area (TPSA) is 59.0 Å². The second-order valence-corrected chi connectivity index (χ2v) is 6.48. The van der Waals surface area contributed by atoms with E-state index in [4.69, 9.17) is 9.47 Å². The molecule has 1 aliphatic rings. The number of hydrogen-bond donors (Lipinski definition) is 1. The van der Waals surface area contributed by atoms with Crippen LogP contribution in [0.4, 0.5) is 0 Å². The normalized spacial score (nSPS) is 17.4. The van der Waals surface area contributed by atoms with Gasteiger partial charge in [-0.15, -0.1) is 0 Å². The summed E-state index contributed by atoms with van der Waals surface area (Å²) in [5.41, 5.74) is 1.11. The van der Waals surface area contributed by atoms with Crippen molar-refractivity contribution in [2.75, 3.05) is 20.3 Å². The Morgan fingerprint density at radius 1 is 1.12 bits per heavy atom. The van der Waals surface area contributed by atoms with E-state index in [0.717, 1.165) is 43.5 Å². The number of nitrogens with zero attached hydrogens (tertiary/aromatic N) is 1. The quantitative estimate of drug-likeness (QED) is 0.883. The van der Waals surface area contributed by atoms with E-state index in [-0.39, 0.29) is 24.3 Å². The van der Waals surface area contributed by atoms with E-state index in [1.165, 1.54) is 0 Å². The largest absolute Gasteiger partial charge is 0.504 e. The first-order chi connectivity index (χ1) is 12.7. The molecule has 0 saturated carbocycles. The van der Waals surface area contributed by atoms with Gasteiger partial charge in [0.15, 0.2) is 18.1 Å². The van der Waals surface area contributed by atoms with Gasteiger partial charge in [0.1, 0.15) is 5.75 Å². The number of methoxy groups -OCH3 is 1. The van der Waals surface area contributed by atoms with Crippen LogP contribution < -0.4 is 9.47 Å². The molecule has 1 unspecified atom stereocenters. The zero-order valence-corrected chi connectivity index (χ0v) is 15.1. The number of carbonyl (C=O) groups excluding carboxylic acids is 1. The van der Waals surface area contributed by atoms with Crippen molar-refractivity contribution in [2.45, 2.75) is 31.7 Å². The summed E-state index contributed by atoms with van der Waals surface area (Å²) in [6.45, 7) is 0.643. The molecule has 0 radical (unpaired) electrons. The molecule has 1 atom stereocenters. The average molecular weight is 355 g/mol. The number of phenolic OH excluding ortho intramolecular Hbond substituents is 1. The maximum absolute atomic E-state index is 12.8. The van der Waals surface area contributed by atoms with Crippen LogP contribution in [0.5, 0.6) is 17.2 Å². The molecule has 1 amide bonds. The predicted molar refractivity (Wildman–Crippen MR) is 99.5 cm³/mol. The van der Waals surface area contributed by atoms with Crippen molar-refractivity contribution in [1.82, 2.24) is 4.90 Å². The summed E-state index contributed by atoms with van der Waals surface area (Å²) < 4.78 is 10.8. The van der Waals surface area contributed by atoms with Crippen molar-refractivity contribution < 1.29 is 19.4 Å². The molecule has 1 fully saturated rings. The van der Waals surface area contributed by atoms with Crippen LogP contribution >= 0.6 is 0 Å². The molecular formula is C21H25NO4. The molecule has 0 aromatic heterocycles. The van der Waals surface area contributed by atoms with E-state index >= 15 is 0 Å². The lowest BCUT2D eigenvalue weighted by atomic mass is 10.0. The van der Waals surface area contributed by atoms with Gasteiger partial charge >= 0.3 is 0 Å². The van der Waals surface area contributed by atoms with Gasteiger partial charge in [0.05, 0.1) is 13.2 Å². The smallest absolute Gasteiger partial charge is 0.261 e. The van der Waals surface area contributed by atoms with Gasteiger partial charge in [-0.2, -0.15) is 0 Å². The molecule has 1 N–H and O–H groups in total. The minimum Gasteiger partial charge on any atom is -0.504 e. The van der Waals surface area contributed by atoms with Crippen molar-refractivity contribution in [3.05, 3.63) is 54.1 Å². The standard InChI is InChI=1S/C21H25NO4/c1-25-17-12-10-16(11-13-17)18-7-3-2-6-14-22(18)21(24)15-26-20-9-5-4-8-19(20)23/h4-5,8-13,18,23H,2-3,6-7,14-15H2,1H3. The molecule has 2 aromatic carbocycles. The van der Waals surface area contributed by atoms with E-state index in [0.29, 0.717) is 5.75 Å². The fourth-order valence-corrected chi connectivity index (χ4v) is 3.38. The Morgan fingerprint density at radius 2 is 1.88 bits per heavy atom. The second-order valence-electron chi connectivity index (χ2n) is 6.48. The van der Waals surface area contributed by atoms with Crippen LogP contribution in [0.2, 0.25) is 0 Å². The minimum atomic E-state index is -0.0791. The number of benzene rings is 2. The molecule has 5 nitrogen and oxygen atoms in total. The number of rotatable bonds is 5. The Kier molecular flexibility index (Phi) is 6.00. The summed E-state index contributed by atoms with van der Waals surface area (Å²) >= 11 is 0. The number of amides is 1. The highest BCUT2D eigenvalue weighted by atomic mass is 16.5. The summed E-state index contributed by atoms with van der Waals surface area (Å²) in [4.78, 5) is 14.7. The van der Waals surface area contributed by atoms with Gasteiger partial charge < -0.3 is 19.5 Å². The fourth-order valence-electron chi connectivity index (χ4n) is 3.38. The maximum atomic E-state index is 12.8. The van der Waals surface area contributed by atoms with E-state index in [2.05, 4.69) is 0 Å². The lowest BCUT2D eigenvalue weighted by Gasteiger charge is -2.30. The molecule has 0 bridgehead atoms. The summed E-state index contributed by atoms with van der Waals surface area (Å²) in [7, 11) is 1.65. The Hall–Kier alpha value is -2.69. The van der Waals surface area contributed by atoms with Gasteiger partial charge in [-0.25, -0.2) is 0 Å². The highest BCUT2D eigenvalue weighted by Gasteiger charge is 2.27. The van der Waals surface area contributed by atoms with Crippen LogP contribution in [0.25, 0.3) is 0 Å². The van der Waals surface area contributed by atoms with Crippen molar-refractivity contribution in [2.24, 2.45) is 0 Å². The highest BCUT2D eigenvalue weighted by Crippen LogP contribution is 2.31. The molecular weight excluding hydrogens is 330 g/mol. The van der Waals surface area contributed by atoms with Gasteiger partial charge in [0.2, 0.25) is 0 Å². The summed E-state index contributed by atoms with van der Waals surface area (Å²) in [5, 5.41) is 9.80. The van der Waals surface area contributed by atoms with Crippen molar-refractivity contribution in [3.8, 4) is 17.2 Å². The van der Waals surface area contributed by atoms with Crippen LogP contribution in [0.3, 0.4) is 0 Å². The number of likely N-dealkylation sites (tertiary alicyclic amines) is 1. The third kappa shape index (κ3) is 4.28. The summed E-state index contributed by atoms with van der Waals surface area (Å²) in [6.07, 6.45) is 4.15. The lowest BCUT2D eigenvalue weighted by Crippen LogP contribution is -2.38. The van der Waals surface area contributed by atoms with Crippen LogP contribution in [0, 0.1) is 0 Å². The molecule has 0 spiro atoms. The summed E-state index contributed by atoms with van der Waals surface area (Å²) in [6, 6.07) is 14.7. The van der Waals surface area contributed by atoms with Crippen molar-refractivity contribution in [1.29, 1.82) is 0 Å². The van der Waals surface area contributed by atoms with Crippen LogP contribution in [0.1, 0.15) is 37.3 Å². The van der Waals surface area contributed by atoms with Gasteiger partial charge in [-0.1, -0.05) is 37.1 Å². The van der Waals surface area contributed by atoms with Crippen LogP contribution in [0.15, 0.2) is 48.5 Å². The maximum Gasteiger partial charge on any atom is 0.261 e. The van der Waals surface area contributed by atoms with Gasteiger partial charge in [-0.05, 0) is 42.7 Å². The monoisotopic (exact) mass is 355 g/mol. The highest BCUT2D eigenvalue weighted by molar-refractivity contribution is 5.78. The van der Waals surface area contributed by atoms with Crippen molar-refractivity contribution >= 4 is 5.91 Å².